The molecule has 3 aromatic rings. The Morgan fingerprint density at radius 2 is 1.73 bits per heavy atom. The number of nitrogens with zero attached hydrogens (tertiary/aromatic N) is 6. The fraction of sp³-hybridized carbons (Fsp3) is 0.467. The number of anilines is 6. The van der Waals surface area contributed by atoms with E-state index in [1.807, 2.05) is 0 Å². The zero-order valence-corrected chi connectivity index (χ0v) is 28.2. The lowest BCUT2D eigenvalue weighted by atomic mass is 10.0. The minimum atomic E-state index is -2.51. The molecule has 0 radical (unpaired) electrons. The van der Waals surface area contributed by atoms with E-state index in [2.05, 4.69) is 77.3 Å². The summed E-state index contributed by atoms with van der Waals surface area (Å²) < 4.78 is 36.5. The smallest absolute Gasteiger partial charge is 0.229 e. The SMILES string of the molecule is COc1cc(N2CCC(N3CCN(C)CC3)CC2)c(C)cc1Nc1ncc(Br)c(Nc2cccc(OC)c2N(C)S(=O)[O-])n1. The van der Waals surface area contributed by atoms with E-state index in [1.54, 1.807) is 31.5 Å². The highest BCUT2D eigenvalue weighted by molar-refractivity contribution is 9.10. The molecule has 0 aliphatic carbocycles. The number of likely N-dealkylation sites (N-methyl/N-ethyl adjacent to an activating group) is 1. The van der Waals surface area contributed by atoms with E-state index in [1.165, 1.54) is 19.8 Å². The third-order valence-electron chi connectivity index (χ3n) is 8.38. The number of piperidine rings is 1. The fourth-order valence-electron chi connectivity index (χ4n) is 5.89. The summed E-state index contributed by atoms with van der Waals surface area (Å²) in [7, 11) is 6.80. The van der Waals surface area contributed by atoms with Crippen molar-refractivity contribution in [1.29, 1.82) is 0 Å². The summed E-state index contributed by atoms with van der Waals surface area (Å²) in [5.74, 6) is 1.88. The van der Waals surface area contributed by atoms with Crippen LogP contribution in [0.5, 0.6) is 11.5 Å². The Bertz CT molecular complexity index is 1480. The van der Waals surface area contributed by atoms with Crippen molar-refractivity contribution in [3.8, 4) is 11.5 Å². The van der Waals surface area contributed by atoms with Crippen molar-refractivity contribution in [3.05, 3.63) is 46.6 Å². The Balaban J connectivity index is 1.32. The molecular formula is C30H40BrN8O4S-. The molecule has 1 unspecified atom stereocenters. The van der Waals surface area contributed by atoms with Gasteiger partial charge in [-0.3, -0.25) is 9.11 Å². The first kappa shape index (κ1) is 32.2. The normalized spacial score (nSPS) is 17.3. The summed E-state index contributed by atoms with van der Waals surface area (Å²) >= 11 is 1.00. The average Bonchev–Trinajstić information content (AvgIpc) is 3.03. The van der Waals surface area contributed by atoms with Crippen LogP contribution < -0.4 is 29.3 Å². The maximum absolute atomic E-state index is 11.8. The van der Waals surface area contributed by atoms with Gasteiger partial charge in [-0.05, 0) is 66.5 Å². The van der Waals surface area contributed by atoms with Gasteiger partial charge in [-0.2, -0.15) is 4.98 Å². The lowest BCUT2D eigenvalue weighted by Gasteiger charge is -2.43. The topological polar surface area (TPSA) is 121 Å². The van der Waals surface area contributed by atoms with Gasteiger partial charge in [-0.1, -0.05) is 6.07 Å². The van der Waals surface area contributed by atoms with Crippen LogP contribution in [0.4, 0.5) is 34.5 Å². The lowest BCUT2D eigenvalue weighted by Crippen LogP contribution is -2.52. The van der Waals surface area contributed by atoms with E-state index in [0.717, 1.165) is 67.7 Å². The van der Waals surface area contributed by atoms with Crippen LogP contribution in [0.3, 0.4) is 0 Å². The largest absolute Gasteiger partial charge is 0.755 e. The van der Waals surface area contributed by atoms with Crippen LogP contribution in [0.1, 0.15) is 18.4 Å². The number of piperazine rings is 1. The van der Waals surface area contributed by atoms with Gasteiger partial charge in [0.1, 0.15) is 23.0 Å². The number of nitrogens with one attached hydrogen (secondary N) is 2. The van der Waals surface area contributed by atoms with Gasteiger partial charge in [0, 0.05) is 81.6 Å². The van der Waals surface area contributed by atoms with Crippen molar-refractivity contribution in [2.75, 3.05) is 87.4 Å². The van der Waals surface area contributed by atoms with Gasteiger partial charge in [0.15, 0.2) is 0 Å². The highest BCUT2D eigenvalue weighted by Crippen LogP contribution is 2.39. The van der Waals surface area contributed by atoms with Crippen LogP contribution in [-0.4, -0.2) is 102 Å². The molecule has 1 atom stereocenters. The molecule has 2 aromatic carbocycles. The number of ether oxygens (including phenoxy) is 2. The van der Waals surface area contributed by atoms with Gasteiger partial charge < -0.3 is 38.8 Å². The van der Waals surface area contributed by atoms with Crippen molar-refractivity contribution in [1.82, 2.24) is 19.8 Å². The molecule has 0 bridgehead atoms. The van der Waals surface area contributed by atoms with Gasteiger partial charge >= 0.3 is 0 Å². The average molecular weight is 689 g/mol. The third kappa shape index (κ3) is 7.20. The van der Waals surface area contributed by atoms with Crippen LogP contribution in [0.15, 0.2) is 41.0 Å². The van der Waals surface area contributed by atoms with E-state index >= 15 is 0 Å². The summed E-state index contributed by atoms with van der Waals surface area (Å²) in [4.78, 5) is 16.7. The zero-order chi connectivity index (χ0) is 31.4. The third-order valence-corrected chi connectivity index (χ3v) is 9.59. The molecule has 44 heavy (non-hydrogen) atoms. The van der Waals surface area contributed by atoms with Crippen molar-refractivity contribution < 1.29 is 18.2 Å². The molecule has 5 rings (SSSR count). The molecule has 0 spiro atoms. The van der Waals surface area contributed by atoms with Crippen LogP contribution in [0.2, 0.25) is 0 Å². The number of hydrogen-bond acceptors (Lipinski definition) is 11. The number of aryl methyl sites for hydroxylation is 1. The summed E-state index contributed by atoms with van der Waals surface area (Å²) in [6.07, 6.45) is 3.94. The lowest BCUT2D eigenvalue weighted by molar-refractivity contribution is 0.0982. The molecule has 2 fully saturated rings. The van der Waals surface area contributed by atoms with Gasteiger partial charge in [-0.25, -0.2) is 4.98 Å². The second-order valence-corrected chi connectivity index (χ2v) is 12.9. The van der Waals surface area contributed by atoms with Crippen molar-refractivity contribution in [2.45, 2.75) is 25.8 Å². The fourth-order valence-corrected chi connectivity index (χ4v) is 6.52. The van der Waals surface area contributed by atoms with E-state index in [4.69, 9.17) is 9.47 Å². The molecule has 0 saturated carbocycles. The molecule has 2 N–H and O–H groups in total. The maximum atomic E-state index is 11.8. The number of halogens is 1. The van der Waals surface area contributed by atoms with Crippen molar-refractivity contribution >= 4 is 61.7 Å². The molecule has 3 heterocycles. The Morgan fingerprint density at radius 3 is 2.39 bits per heavy atom. The van der Waals surface area contributed by atoms with Gasteiger partial charge in [0.25, 0.3) is 0 Å². The highest BCUT2D eigenvalue weighted by atomic mass is 79.9. The molecular weight excluding hydrogens is 648 g/mol. The first-order valence-corrected chi connectivity index (χ1v) is 16.4. The second kappa shape index (κ2) is 14.3. The Kier molecular flexibility index (Phi) is 10.5. The quantitative estimate of drug-likeness (QED) is 0.293. The number of methoxy groups -OCH3 is 2. The second-order valence-electron chi connectivity index (χ2n) is 11.1. The minimum Gasteiger partial charge on any atom is -0.755 e. The molecule has 2 saturated heterocycles. The number of para-hydroxylation sites is 1. The van der Waals surface area contributed by atoms with E-state index in [9.17, 15) is 8.76 Å². The number of rotatable bonds is 10. The molecule has 2 aliphatic rings. The van der Waals surface area contributed by atoms with Gasteiger partial charge in [0.2, 0.25) is 5.95 Å². The van der Waals surface area contributed by atoms with E-state index in [0.29, 0.717) is 45.2 Å². The van der Waals surface area contributed by atoms with E-state index < -0.39 is 11.3 Å². The van der Waals surface area contributed by atoms with Crippen LogP contribution >= 0.6 is 15.9 Å². The Labute approximate surface area is 270 Å². The monoisotopic (exact) mass is 687 g/mol. The number of aromatic nitrogens is 2. The first-order chi connectivity index (χ1) is 21.2. The standard InChI is InChI=1S/C30H41BrN8O4S/c1-20-17-24(27(43-5)18-25(20)39-11-9-21(10-12-39)38-15-13-36(2)14-16-38)34-30-32-19-22(31)29(35-30)33-23-7-6-8-26(42-4)28(23)37(3)44(40)41/h6-8,17-19,21H,9-16H2,1-5H3,(H,40,41)(H2,32,33,34,35)/p-1. The summed E-state index contributed by atoms with van der Waals surface area (Å²) in [5.41, 5.74) is 3.91. The predicted molar refractivity (Wildman–Crippen MR) is 179 cm³/mol. The first-order valence-electron chi connectivity index (χ1n) is 14.6. The predicted octanol–water partition coefficient (Wildman–Crippen LogP) is 4.50. The Hall–Kier alpha value is -3.17. The number of benzene rings is 2. The van der Waals surface area contributed by atoms with Crippen LogP contribution in [0.25, 0.3) is 0 Å². The molecule has 238 valence electrons. The summed E-state index contributed by atoms with van der Waals surface area (Å²) in [6, 6.07) is 10.0. The van der Waals surface area contributed by atoms with Gasteiger partial charge in [-0.15, -0.1) is 0 Å². The van der Waals surface area contributed by atoms with E-state index in [-0.39, 0.29) is 0 Å². The summed E-state index contributed by atoms with van der Waals surface area (Å²) in [5, 5.41) is 6.53. The molecule has 14 heteroatoms. The van der Waals surface area contributed by atoms with Gasteiger partial charge in [0.05, 0.1) is 30.1 Å². The van der Waals surface area contributed by atoms with Crippen molar-refractivity contribution in [3.63, 3.8) is 0 Å². The zero-order valence-electron chi connectivity index (χ0n) is 25.8. The minimum absolute atomic E-state index is 0.347. The molecule has 2 aliphatic heterocycles. The molecule has 12 nitrogen and oxygen atoms in total. The maximum Gasteiger partial charge on any atom is 0.229 e. The highest BCUT2D eigenvalue weighted by Gasteiger charge is 2.28. The summed E-state index contributed by atoms with van der Waals surface area (Å²) in [6.45, 7) is 8.75. The van der Waals surface area contributed by atoms with Crippen LogP contribution in [0, 0.1) is 6.92 Å². The number of hydrogen-bond donors (Lipinski definition) is 2. The molecule has 0 amide bonds. The van der Waals surface area contributed by atoms with Crippen LogP contribution in [-0.2, 0) is 11.3 Å². The van der Waals surface area contributed by atoms with Crippen molar-refractivity contribution in [2.24, 2.45) is 0 Å². The molecule has 1 aromatic heterocycles. The Morgan fingerprint density at radius 1 is 1.02 bits per heavy atom.